The van der Waals surface area contributed by atoms with E-state index in [1.807, 2.05) is 18.7 Å². The van der Waals surface area contributed by atoms with Crippen LogP contribution in [0.3, 0.4) is 0 Å². The predicted molar refractivity (Wildman–Crippen MR) is 87.8 cm³/mol. The molecule has 0 aromatic carbocycles. The van der Waals surface area contributed by atoms with Crippen LogP contribution in [0.5, 0.6) is 0 Å². The Bertz CT molecular complexity index is 476. The fraction of sp³-hybridized carbons (Fsp3) is 0.722. The molecule has 3 nitrogen and oxygen atoms in total. The Morgan fingerprint density at radius 3 is 2.48 bits per heavy atom. The van der Waals surface area contributed by atoms with E-state index >= 15 is 0 Å². The molecule has 0 N–H and O–H groups in total. The number of hydrogen-bond donors (Lipinski definition) is 0. The molecule has 2 atom stereocenters. The van der Waals surface area contributed by atoms with Crippen molar-refractivity contribution in [3.63, 3.8) is 0 Å². The lowest BCUT2D eigenvalue weighted by atomic mass is 9.98. The highest BCUT2D eigenvalue weighted by atomic mass is 16.2. The van der Waals surface area contributed by atoms with Crippen LogP contribution in [-0.4, -0.2) is 40.9 Å². The number of hydrogen-bond acceptors (Lipinski definition) is 2. The quantitative estimate of drug-likeness (QED) is 0.795. The van der Waals surface area contributed by atoms with E-state index in [-0.39, 0.29) is 17.4 Å². The van der Waals surface area contributed by atoms with E-state index in [0.717, 1.165) is 31.2 Å². The molecule has 21 heavy (non-hydrogen) atoms. The van der Waals surface area contributed by atoms with Gasteiger partial charge < -0.3 is 4.90 Å². The minimum atomic E-state index is -0.0239. The molecule has 2 rings (SSSR count). The van der Waals surface area contributed by atoms with Crippen molar-refractivity contribution in [2.45, 2.75) is 53.5 Å². The minimum Gasteiger partial charge on any atom is -0.315 e. The molecule has 0 spiro atoms. The summed E-state index contributed by atoms with van der Waals surface area (Å²) in [4.78, 5) is 17.1. The molecule has 2 aliphatic heterocycles. The van der Waals surface area contributed by atoms with Crippen LogP contribution < -0.4 is 0 Å². The number of likely N-dealkylation sites (tertiary alicyclic amines) is 1. The molecular formula is C18H30N2O. The smallest absolute Gasteiger partial charge is 0.233 e. The molecule has 3 heteroatoms. The minimum absolute atomic E-state index is 0.0239. The largest absolute Gasteiger partial charge is 0.315 e. The van der Waals surface area contributed by atoms with Crippen molar-refractivity contribution in [2.75, 3.05) is 19.6 Å². The molecular weight excluding hydrogens is 260 g/mol. The first-order chi connectivity index (χ1) is 9.70. The molecule has 118 valence electrons. The van der Waals surface area contributed by atoms with Crippen LogP contribution in [-0.2, 0) is 4.79 Å². The summed E-state index contributed by atoms with van der Waals surface area (Å²) in [7, 11) is 0. The summed E-state index contributed by atoms with van der Waals surface area (Å²) >= 11 is 0. The van der Waals surface area contributed by atoms with Gasteiger partial charge in [-0.05, 0) is 46.1 Å². The highest BCUT2D eigenvalue weighted by Crippen LogP contribution is 2.32. The first-order valence-corrected chi connectivity index (χ1v) is 8.14. The van der Waals surface area contributed by atoms with Crippen LogP contribution in [0, 0.1) is 11.8 Å². The SMILES string of the molecule is CC1=C[C@H](C)C(=O)N(CCN2C[C@@H](C)CC2(C)C)C(C)=C1. The van der Waals surface area contributed by atoms with E-state index in [9.17, 15) is 4.79 Å². The second-order valence-corrected chi connectivity index (χ2v) is 7.54. The average Bonchev–Trinajstić information content (AvgIpc) is 2.56. The van der Waals surface area contributed by atoms with Gasteiger partial charge in [0.15, 0.2) is 0 Å². The fourth-order valence-corrected chi connectivity index (χ4v) is 3.91. The van der Waals surface area contributed by atoms with Gasteiger partial charge in [-0.2, -0.15) is 0 Å². The summed E-state index contributed by atoms with van der Waals surface area (Å²) in [5, 5.41) is 0. The van der Waals surface area contributed by atoms with Gasteiger partial charge in [0.1, 0.15) is 0 Å². The van der Waals surface area contributed by atoms with Crippen molar-refractivity contribution < 1.29 is 4.79 Å². The first kappa shape index (κ1) is 16.3. The lowest BCUT2D eigenvalue weighted by molar-refractivity contribution is -0.131. The Morgan fingerprint density at radius 2 is 1.90 bits per heavy atom. The van der Waals surface area contributed by atoms with Crippen LogP contribution >= 0.6 is 0 Å². The third-order valence-electron chi connectivity index (χ3n) is 4.86. The third kappa shape index (κ3) is 3.57. The molecule has 1 fully saturated rings. The normalized spacial score (nSPS) is 30.2. The molecule has 0 saturated carbocycles. The summed E-state index contributed by atoms with van der Waals surface area (Å²) in [5.74, 6) is 0.953. The van der Waals surface area contributed by atoms with E-state index in [1.54, 1.807) is 0 Å². The summed E-state index contributed by atoms with van der Waals surface area (Å²) in [5.41, 5.74) is 2.51. The predicted octanol–water partition coefficient (Wildman–Crippen LogP) is 3.44. The lowest BCUT2D eigenvalue weighted by Crippen LogP contribution is -2.44. The Kier molecular flexibility index (Phi) is 4.62. The Balaban J connectivity index is 2.05. The monoisotopic (exact) mass is 290 g/mol. The molecule has 0 aromatic rings. The van der Waals surface area contributed by atoms with Gasteiger partial charge in [0.25, 0.3) is 0 Å². The van der Waals surface area contributed by atoms with Crippen molar-refractivity contribution in [2.24, 2.45) is 11.8 Å². The molecule has 0 aromatic heterocycles. The van der Waals surface area contributed by atoms with Crippen molar-refractivity contribution in [1.29, 1.82) is 0 Å². The molecule has 0 unspecified atom stereocenters. The standard InChI is InChI=1S/C18H30N2O/c1-13-9-15(3)17(21)20(16(4)10-13)8-7-19-12-14(2)11-18(19,5)6/h9-10,14-15H,7-8,11-12H2,1-6H3/t14-,15-/m0/s1. The van der Waals surface area contributed by atoms with Gasteiger partial charge in [-0.15, -0.1) is 0 Å². The maximum absolute atomic E-state index is 12.6. The highest BCUT2D eigenvalue weighted by molar-refractivity contribution is 5.82. The summed E-state index contributed by atoms with van der Waals surface area (Å²) in [6.07, 6.45) is 5.43. The number of carbonyl (C=O) groups excluding carboxylic acids is 1. The molecule has 1 amide bonds. The first-order valence-electron chi connectivity index (χ1n) is 8.14. The maximum Gasteiger partial charge on any atom is 0.233 e. The zero-order valence-electron chi connectivity index (χ0n) is 14.4. The average molecular weight is 290 g/mol. The van der Waals surface area contributed by atoms with Crippen LogP contribution in [0.1, 0.15) is 48.0 Å². The van der Waals surface area contributed by atoms with E-state index in [2.05, 4.69) is 44.7 Å². The number of rotatable bonds is 3. The topological polar surface area (TPSA) is 23.6 Å². The van der Waals surface area contributed by atoms with Crippen LogP contribution in [0.15, 0.2) is 23.4 Å². The van der Waals surface area contributed by atoms with Crippen molar-refractivity contribution in [3.05, 3.63) is 23.4 Å². The van der Waals surface area contributed by atoms with Gasteiger partial charge in [0.2, 0.25) is 5.91 Å². The van der Waals surface area contributed by atoms with Gasteiger partial charge in [-0.1, -0.05) is 25.5 Å². The number of carbonyl (C=O) groups is 1. The molecule has 2 aliphatic rings. The molecule has 1 saturated heterocycles. The second kappa shape index (κ2) is 5.96. The van der Waals surface area contributed by atoms with E-state index in [1.165, 1.54) is 12.0 Å². The number of allylic oxidation sites excluding steroid dienone is 3. The Hall–Kier alpha value is -1.09. The summed E-state index contributed by atoms with van der Waals surface area (Å²) in [6, 6.07) is 0. The highest BCUT2D eigenvalue weighted by Gasteiger charge is 2.36. The Labute approximate surface area is 129 Å². The van der Waals surface area contributed by atoms with Gasteiger partial charge in [-0.3, -0.25) is 9.69 Å². The maximum atomic E-state index is 12.6. The zero-order valence-corrected chi connectivity index (χ0v) is 14.4. The fourth-order valence-electron chi connectivity index (χ4n) is 3.91. The molecule has 0 bridgehead atoms. The Morgan fingerprint density at radius 1 is 1.24 bits per heavy atom. The van der Waals surface area contributed by atoms with Gasteiger partial charge in [0, 0.05) is 30.9 Å². The van der Waals surface area contributed by atoms with Gasteiger partial charge >= 0.3 is 0 Å². The third-order valence-corrected chi connectivity index (χ3v) is 4.86. The van der Waals surface area contributed by atoms with Gasteiger partial charge in [0.05, 0.1) is 5.92 Å². The number of nitrogens with zero attached hydrogens (tertiary/aromatic N) is 2. The second-order valence-electron chi connectivity index (χ2n) is 7.54. The van der Waals surface area contributed by atoms with Gasteiger partial charge in [-0.25, -0.2) is 0 Å². The zero-order chi connectivity index (χ0) is 15.8. The number of amides is 1. The molecule has 2 heterocycles. The van der Waals surface area contributed by atoms with Crippen LogP contribution in [0.25, 0.3) is 0 Å². The lowest BCUT2D eigenvalue weighted by Gasteiger charge is -2.34. The molecule has 0 radical (unpaired) electrons. The summed E-state index contributed by atoms with van der Waals surface area (Å²) < 4.78 is 0. The van der Waals surface area contributed by atoms with Crippen molar-refractivity contribution in [3.8, 4) is 0 Å². The summed E-state index contributed by atoms with van der Waals surface area (Å²) in [6.45, 7) is 16.0. The molecule has 0 aliphatic carbocycles. The van der Waals surface area contributed by atoms with Crippen LogP contribution in [0.2, 0.25) is 0 Å². The van der Waals surface area contributed by atoms with E-state index in [0.29, 0.717) is 0 Å². The van der Waals surface area contributed by atoms with E-state index < -0.39 is 0 Å². The van der Waals surface area contributed by atoms with Crippen molar-refractivity contribution in [1.82, 2.24) is 9.80 Å². The van der Waals surface area contributed by atoms with Crippen molar-refractivity contribution >= 4 is 5.91 Å². The van der Waals surface area contributed by atoms with E-state index in [4.69, 9.17) is 0 Å². The van der Waals surface area contributed by atoms with Crippen LogP contribution in [0.4, 0.5) is 0 Å².